The number of fused-ring (bicyclic) bond motifs is 1. The molecule has 1 N–H and O–H groups in total. The number of benzene rings is 1. The molecule has 158 valence electrons. The fraction of sp³-hybridized carbons (Fsp3) is 0.636. The van der Waals surface area contributed by atoms with Gasteiger partial charge in [-0.2, -0.15) is 9.41 Å². The minimum Gasteiger partial charge on any atom is -0.267 e. The summed E-state index contributed by atoms with van der Waals surface area (Å²) in [5.74, 6) is 1.19. The first kappa shape index (κ1) is 20.5. The molecule has 1 aromatic rings. The van der Waals surface area contributed by atoms with Gasteiger partial charge in [0.15, 0.2) is 0 Å². The van der Waals surface area contributed by atoms with Gasteiger partial charge in [0, 0.05) is 24.4 Å². The second-order valence-electron chi connectivity index (χ2n) is 8.66. The summed E-state index contributed by atoms with van der Waals surface area (Å²) in [7, 11) is -3.55. The van der Waals surface area contributed by atoms with E-state index in [2.05, 4.69) is 10.5 Å². The summed E-state index contributed by atoms with van der Waals surface area (Å²) in [5, 5.41) is 4.39. The van der Waals surface area contributed by atoms with Crippen molar-refractivity contribution in [2.75, 3.05) is 13.1 Å². The van der Waals surface area contributed by atoms with Gasteiger partial charge in [-0.15, -0.1) is 0 Å². The Kier molecular flexibility index (Phi) is 6.35. The van der Waals surface area contributed by atoms with Gasteiger partial charge in [0.1, 0.15) is 0 Å². The minimum atomic E-state index is -3.55. The lowest BCUT2D eigenvalue weighted by atomic mass is 9.70. The molecule has 1 aromatic carbocycles. The fourth-order valence-electron chi connectivity index (χ4n) is 5.04. The highest BCUT2D eigenvalue weighted by Crippen LogP contribution is 2.39. The molecule has 29 heavy (non-hydrogen) atoms. The molecule has 6 nitrogen and oxygen atoms in total. The Hall–Kier alpha value is -1.73. The van der Waals surface area contributed by atoms with Gasteiger partial charge in [0.05, 0.1) is 4.90 Å². The van der Waals surface area contributed by atoms with Gasteiger partial charge in [-0.3, -0.25) is 4.79 Å². The number of hydrazone groups is 1. The van der Waals surface area contributed by atoms with Gasteiger partial charge < -0.3 is 0 Å². The van der Waals surface area contributed by atoms with Crippen LogP contribution in [0.15, 0.2) is 34.3 Å². The van der Waals surface area contributed by atoms with Crippen LogP contribution in [0, 0.1) is 11.8 Å². The minimum absolute atomic E-state index is 0.183. The zero-order chi connectivity index (χ0) is 20.3. The highest BCUT2D eigenvalue weighted by Gasteiger charge is 2.30. The zero-order valence-corrected chi connectivity index (χ0v) is 17.8. The monoisotopic (exact) mass is 417 g/mol. The topological polar surface area (TPSA) is 78.8 Å². The van der Waals surface area contributed by atoms with Crippen molar-refractivity contribution in [2.45, 2.75) is 69.1 Å². The van der Waals surface area contributed by atoms with Gasteiger partial charge in [-0.1, -0.05) is 31.7 Å². The lowest BCUT2D eigenvalue weighted by Crippen LogP contribution is -2.35. The molecule has 3 aliphatic rings. The van der Waals surface area contributed by atoms with Crippen molar-refractivity contribution in [3.63, 3.8) is 0 Å². The van der Waals surface area contributed by atoms with Gasteiger partial charge in [-0.25, -0.2) is 13.8 Å². The third-order valence-electron chi connectivity index (χ3n) is 6.73. The van der Waals surface area contributed by atoms with Crippen LogP contribution >= 0.6 is 0 Å². The van der Waals surface area contributed by atoms with Crippen molar-refractivity contribution in [1.29, 1.82) is 0 Å². The fourth-order valence-corrected chi connectivity index (χ4v) is 6.60. The number of hydrogen-bond donors (Lipinski definition) is 1. The maximum atomic E-state index is 12.9. The number of carbonyl (C=O) groups is 1. The molecule has 1 aliphatic heterocycles. The molecule has 7 heteroatoms. The highest BCUT2D eigenvalue weighted by atomic mass is 32.2. The van der Waals surface area contributed by atoms with E-state index in [0.29, 0.717) is 24.6 Å². The Labute approximate surface area is 173 Å². The van der Waals surface area contributed by atoms with E-state index in [9.17, 15) is 13.2 Å². The summed E-state index contributed by atoms with van der Waals surface area (Å²) in [6.45, 7) is 1.10. The second-order valence-corrected chi connectivity index (χ2v) is 10.6. The largest absolute Gasteiger partial charge is 0.271 e. The van der Waals surface area contributed by atoms with E-state index in [1.54, 1.807) is 18.2 Å². The van der Waals surface area contributed by atoms with Gasteiger partial charge >= 0.3 is 0 Å². The zero-order valence-electron chi connectivity index (χ0n) is 17.0. The molecule has 2 atom stereocenters. The van der Waals surface area contributed by atoms with Crippen molar-refractivity contribution in [2.24, 2.45) is 16.9 Å². The van der Waals surface area contributed by atoms with Gasteiger partial charge in [0.2, 0.25) is 10.0 Å². The average Bonchev–Trinajstić information content (AvgIpc) is 2.78. The SMILES string of the molecule is O=C(N/N=C1/CC[C@@H]2CCCC[C@H]2C1)c1cccc(S(=O)(=O)N2CCCCC2)c1. The number of amides is 1. The molecule has 0 radical (unpaired) electrons. The summed E-state index contributed by atoms with van der Waals surface area (Å²) in [6, 6.07) is 6.31. The summed E-state index contributed by atoms with van der Waals surface area (Å²) in [6.07, 6.45) is 11.2. The van der Waals surface area contributed by atoms with Crippen LogP contribution in [0.3, 0.4) is 0 Å². The molecule has 1 saturated heterocycles. The molecular formula is C22H31N3O3S. The highest BCUT2D eigenvalue weighted by molar-refractivity contribution is 7.89. The van der Waals surface area contributed by atoms with E-state index in [0.717, 1.165) is 43.7 Å². The molecule has 3 fully saturated rings. The lowest BCUT2D eigenvalue weighted by molar-refractivity contribution is 0.0954. The van der Waals surface area contributed by atoms with Crippen LogP contribution in [0.5, 0.6) is 0 Å². The van der Waals surface area contributed by atoms with E-state index < -0.39 is 10.0 Å². The van der Waals surface area contributed by atoms with Crippen molar-refractivity contribution < 1.29 is 13.2 Å². The van der Waals surface area contributed by atoms with Crippen LogP contribution < -0.4 is 5.43 Å². The molecule has 1 amide bonds. The Morgan fingerprint density at radius 1 is 1.00 bits per heavy atom. The molecule has 0 bridgehead atoms. The van der Waals surface area contributed by atoms with E-state index in [1.807, 2.05) is 0 Å². The van der Waals surface area contributed by atoms with Crippen LogP contribution in [0.1, 0.15) is 74.6 Å². The third-order valence-corrected chi connectivity index (χ3v) is 8.63. The van der Waals surface area contributed by atoms with Gasteiger partial charge in [0.25, 0.3) is 5.91 Å². The Bertz CT molecular complexity index is 875. The number of hydrogen-bond acceptors (Lipinski definition) is 4. The number of sulfonamides is 1. The Morgan fingerprint density at radius 3 is 2.55 bits per heavy atom. The first-order valence-corrected chi connectivity index (χ1v) is 12.4. The normalized spacial score (nSPS) is 27.4. The maximum absolute atomic E-state index is 12.9. The first-order valence-electron chi connectivity index (χ1n) is 11.0. The van der Waals surface area contributed by atoms with E-state index in [1.165, 1.54) is 42.5 Å². The summed E-state index contributed by atoms with van der Waals surface area (Å²) in [4.78, 5) is 12.8. The van der Waals surface area contributed by atoms with Crippen molar-refractivity contribution in [3.05, 3.63) is 29.8 Å². The molecule has 0 aromatic heterocycles. The number of rotatable bonds is 4. The molecule has 4 rings (SSSR count). The van der Waals surface area contributed by atoms with Crippen LogP contribution in [0.25, 0.3) is 0 Å². The molecule has 0 spiro atoms. The number of carbonyl (C=O) groups excluding carboxylic acids is 1. The summed E-state index contributed by atoms with van der Waals surface area (Å²) in [5.41, 5.74) is 4.06. The van der Waals surface area contributed by atoms with Gasteiger partial charge in [-0.05, 0) is 68.6 Å². The number of nitrogens with one attached hydrogen (secondary N) is 1. The lowest BCUT2D eigenvalue weighted by Gasteiger charge is -2.35. The van der Waals surface area contributed by atoms with Crippen LogP contribution in [0.4, 0.5) is 0 Å². The quantitative estimate of drug-likeness (QED) is 0.754. The maximum Gasteiger partial charge on any atom is 0.271 e. The van der Waals surface area contributed by atoms with Crippen molar-refractivity contribution >= 4 is 21.6 Å². The van der Waals surface area contributed by atoms with Crippen LogP contribution in [0.2, 0.25) is 0 Å². The van der Waals surface area contributed by atoms with Crippen LogP contribution in [-0.2, 0) is 10.0 Å². The smallest absolute Gasteiger partial charge is 0.267 e. The molecule has 0 unspecified atom stereocenters. The Morgan fingerprint density at radius 2 is 1.76 bits per heavy atom. The molecular weight excluding hydrogens is 386 g/mol. The van der Waals surface area contributed by atoms with Crippen LogP contribution in [-0.4, -0.2) is 37.4 Å². The summed E-state index contributed by atoms with van der Waals surface area (Å²) < 4.78 is 27.3. The third kappa shape index (κ3) is 4.72. The van der Waals surface area contributed by atoms with E-state index in [-0.39, 0.29) is 10.8 Å². The second kappa shape index (κ2) is 8.96. The summed E-state index contributed by atoms with van der Waals surface area (Å²) >= 11 is 0. The Balaban J connectivity index is 1.42. The van der Waals surface area contributed by atoms with Crippen molar-refractivity contribution in [1.82, 2.24) is 9.73 Å². The number of piperidine rings is 1. The van der Waals surface area contributed by atoms with Crippen molar-refractivity contribution in [3.8, 4) is 0 Å². The predicted molar refractivity (Wildman–Crippen MR) is 113 cm³/mol. The average molecular weight is 418 g/mol. The van der Waals surface area contributed by atoms with E-state index in [4.69, 9.17) is 0 Å². The predicted octanol–water partition coefficient (Wildman–Crippen LogP) is 3.94. The van der Waals surface area contributed by atoms with E-state index >= 15 is 0 Å². The molecule has 2 saturated carbocycles. The molecule has 2 aliphatic carbocycles. The standard InChI is InChI=1S/C22H31N3O3S/c26-22(24-23-20-12-11-17-7-2-3-8-18(17)15-20)19-9-6-10-21(16-19)29(27,28)25-13-4-1-5-14-25/h6,9-10,16-18H,1-5,7-8,11-15H2,(H,24,26)/b23-20-/t17-,18-/m0/s1. The number of nitrogens with zero attached hydrogens (tertiary/aromatic N) is 2. The first-order chi connectivity index (χ1) is 14.0. The molecule has 1 heterocycles.